The third-order valence-corrected chi connectivity index (χ3v) is 2.73. The van der Waals surface area contributed by atoms with Gasteiger partial charge in [-0.05, 0) is 55.5 Å². The van der Waals surface area contributed by atoms with Crippen LogP contribution in [0.4, 0.5) is 5.69 Å². The van der Waals surface area contributed by atoms with Crippen molar-refractivity contribution < 1.29 is 14.0 Å². The summed E-state index contributed by atoms with van der Waals surface area (Å²) in [6.45, 7) is 1.50. The molecule has 0 bridgehead atoms. The van der Waals surface area contributed by atoms with Gasteiger partial charge in [-0.1, -0.05) is 0 Å². The number of nitrogens with one attached hydrogen (secondary N) is 2. The molecule has 0 saturated carbocycles. The summed E-state index contributed by atoms with van der Waals surface area (Å²) in [7, 11) is 0. The molecular weight excluding hydrogens is 276 g/mol. The molecule has 0 aliphatic heterocycles. The first kappa shape index (κ1) is 14.0. The molecule has 0 aliphatic carbocycles. The maximum absolute atomic E-state index is 11.7. The summed E-state index contributed by atoms with van der Waals surface area (Å²) in [4.78, 5) is 22.8. The lowest BCUT2D eigenvalue weighted by atomic mass is 10.1. The number of anilines is 1. The largest absolute Gasteiger partial charge is 0.459 e. The molecule has 0 aliphatic rings. The lowest BCUT2D eigenvalue weighted by Crippen LogP contribution is -2.33. The highest BCUT2D eigenvalue weighted by molar-refractivity contribution is 7.80. The Hall–Kier alpha value is -2.47. The number of carbonyl (C=O) groups is 2. The van der Waals surface area contributed by atoms with Crippen molar-refractivity contribution in [3.8, 4) is 0 Å². The standard InChI is InChI=1S/C14H12N2O3S/c1-9(17)10-4-6-11(7-5-10)15-14(20)16-13(18)12-3-2-8-19-12/h2-8H,1H3,(H2,15,16,18,20). The van der Waals surface area contributed by atoms with Gasteiger partial charge in [-0.3, -0.25) is 14.9 Å². The molecule has 0 atom stereocenters. The van der Waals surface area contributed by atoms with Crippen molar-refractivity contribution in [3.63, 3.8) is 0 Å². The second-order valence-electron chi connectivity index (χ2n) is 4.02. The van der Waals surface area contributed by atoms with Crippen LogP contribution in [0.5, 0.6) is 0 Å². The van der Waals surface area contributed by atoms with Gasteiger partial charge in [-0.2, -0.15) is 0 Å². The highest BCUT2D eigenvalue weighted by Crippen LogP contribution is 2.10. The minimum absolute atomic E-state index is 0.00903. The Balaban J connectivity index is 1.94. The van der Waals surface area contributed by atoms with Crippen LogP contribution in [-0.4, -0.2) is 16.8 Å². The Morgan fingerprint density at radius 1 is 1.15 bits per heavy atom. The first-order chi connectivity index (χ1) is 9.56. The third-order valence-electron chi connectivity index (χ3n) is 2.52. The van der Waals surface area contributed by atoms with E-state index in [1.807, 2.05) is 0 Å². The monoisotopic (exact) mass is 288 g/mol. The van der Waals surface area contributed by atoms with Crippen LogP contribution in [0.3, 0.4) is 0 Å². The maximum Gasteiger partial charge on any atom is 0.293 e. The average molecular weight is 288 g/mol. The van der Waals surface area contributed by atoms with Gasteiger partial charge in [0.15, 0.2) is 16.7 Å². The summed E-state index contributed by atoms with van der Waals surface area (Å²) in [5.74, 6) is -0.251. The molecule has 1 heterocycles. The predicted molar refractivity (Wildman–Crippen MR) is 78.8 cm³/mol. The van der Waals surface area contributed by atoms with E-state index in [-0.39, 0.29) is 16.7 Å². The van der Waals surface area contributed by atoms with Crippen LogP contribution in [0.1, 0.15) is 27.8 Å². The number of hydrogen-bond acceptors (Lipinski definition) is 4. The van der Waals surface area contributed by atoms with E-state index in [9.17, 15) is 9.59 Å². The SMILES string of the molecule is CC(=O)c1ccc(NC(=S)NC(=O)c2ccco2)cc1. The normalized spacial score (nSPS) is 9.85. The van der Waals surface area contributed by atoms with Crippen LogP contribution in [0.25, 0.3) is 0 Å². The van der Waals surface area contributed by atoms with E-state index in [1.165, 1.54) is 13.2 Å². The second kappa shape index (κ2) is 6.12. The molecule has 2 aromatic rings. The Morgan fingerprint density at radius 3 is 2.40 bits per heavy atom. The van der Waals surface area contributed by atoms with Gasteiger partial charge in [0.2, 0.25) is 0 Å². The lowest BCUT2D eigenvalue weighted by Gasteiger charge is -2.08. The van der Waals surface area contributed by atoms with Gasteiger partial charge in [0.05, 0.1) is 6.26 Å². The van der Waals surface area contributed by atoms with Gasteiger partial charge in [-0.15, -0.1) is 0 Å². The third kappa shape index (κ3) is 3.52. The number of hydrogen-bond donors (Lipinski definition) is 2. The number of rotatable bonds is 3. The fraction of sp³-hybridized carbons (Fsp3) is 0.0714. The van der Waals surface area contributed by atoms with Gasteiger partial charge in [0.1, 0.15) is 0 Å². The first-order valence-corrected chi connectivity index (χ1v) is 6.24. The van der Waals surface area contributed by atoms with E-state index < -0.39 is 5.91 Å². The molecule has 1 aromatic heterocycles. The summed E-state index contributed by atoms with van der Waals surface area (Å²) in [5, 5.41) is 5.49. The molecule has 0 saturated heterocycles. The van der Waals surface area contributed by atoms with Gasteiger partial charge >= 0.3 is 0 Å². The van der Waals surface area contributed by atoms with Crippen molar-refractivity contribution >= 4 is 34.7 Å². The summed E-state index contributed by atoms with van der Waals surface area (Å²) in [6.07, 6.45) is 1.41. The van der Waals surface area contributed by atoms with E-state index in [0.717, 1.165) is 0 Å². The highest BCUT2D eigenvalue weighted by atomic mass is 32.1. The summed E-state index contributed by atoms with van der Waals surface area (Å²) < 4.78 is 4.95. The fourth-order valence-corrected chi connectivity index (χ4v) is 1.73. The summed E-state index contributed by atoms with van der Waals surface area (Å²) in [6, 6.07) is 9.94. The van der Waals surface area contributed by atoms with E-state index in [1.54, 1.807) is 36.4 Å². The maximum atomic E-state index is 11.7. The minimum Gasteiger partial charge on any atom is -0.459 e. The highest BCUT2D eigenvalue weighted by Gasteiger charge is 2.10. The topological polar surface area (TPSA) is 71.3 Å². The molecule has 0 spiro atoms. The number of amides is 1. The minimum atomic E-state index is -0.423. The Labute approximate surface area is 121 Å². The van der Waals surface area contributed by atoms with Gasteiger partial charge in [0.25, 0.3) is 5.91 Å². The summed E-state index contributed by atoms with van der Waals surface area (Å²) in [5.41, 5.74) is 1.29. The van der Waals surface area contributed by atoms with E-state index in [2.05, 4.69) is 10.6 Å². The van der Waals surface area contributed by atoms with Crippen molar-refractivity contribution in [3.05, 3.63) is 54.0 Å². The van der Waals surface area contributed by atoms with Crippen molar-refractivity contribution in [2.45, 2.75) is 6.92 Å². The lowest BCUT2D eigenvalue weighted by molar-refractivity contribution is 0.0949. The van der Waals surface area contributed by atoms with Gasteiger partial charge < -0.3 is 9.73 Å². The number of carbonyl (C=O) groups excluding carboxylic acids is 2. The number of Topliss-reactive ketones (excluding diaryl/α,β-unsaturated/α-hetero) is 1. The second-order valence-corrected chi connectivity index (χ2v) is 4.43. The molecular formula is C14H12N2O3S. The molecule has 1 amide bonds. The molecule has 6 heteroatoms. The zero-order valence-corrected chi connectivity index (χ0v) is 11.5. The number of furan rings is 1. The van der Waals surface area contributed by atoms with Crippen LogP contribution < -0.4 is 10.6 Å². The summed E-state index contributed by atoms with van der Waals surface area (Å²) >= 11 is 5.02. The molecule has 20 heavy (non-hydrogen) atoms. The molecule has 0 unspecified atom stereocenters. The van der Waals surface area contributed by atoms with Crippen molar-refractivity contribution in [1.29, 1.82) is 0 Å². The molecule has 102 valence electrons. The zero-order valence-electron chi connectivity index (χ0n) is 10.7. The average Bonchev–Trinajstić information content (AvgIpc) is 2.93. The molecule has 2 rings (SSSR count). The smallest absolute Gasteiger partial charge is 0.293 e. The van der Waals surface area contributed by atoms with Gasteiger partial charge in [0, 0.05) is 11.3 Å². The van der Waals surface area contributed by atoms with Crippen LogP contribution in [0.15, 0.2) is 47.1 Å². The Morgan fingerprint density at radius 2 is 1.85 bits per heavy atom. The predicted octanol–water partition coefficient (Wildman–Crippen LogP) is 2.61. The van der Waals surface area contributed by atoms with Gasteiger partial charge in [-0.25, -0.2) is 0 Å². The molecule has 5 nitrogen and oxygen atoms in total. The molecule has 1 aromatic carbocycles. The first-order valence-electron chi connectivity index (χ1n) is 5.83. The van der Waals surface area contributed by atoms with Crippen molar-refractivity contribution in [2.75, 3.05) is 5.32 Å². The van der Waals surface area contributed by atoms with Crippen LogP contribution in [0, 0.1) is 0 Å². The van der Waals surface area contributed by atoms with E-state index in [4.69, 9.17) is 16.6 Å². The van der Waals surface area contributed by atoms with Crippen molar-refractivity contribution in [1.82, 2.24) is 5.32 Å². The number of thiocarbonyl (C=S) groups is 1. The van der Waals surface area contributed by atoms with Crippen molar-refractivity contribution in [2.24, 2.45) is 0 Å². The fourth-order valence-electron chi connectivity index (χ4n) is 1.52. The van der Waals surface area contributed by atoms with E-state index in [0.29, 0.717) is 11.3 Å². The van der Waals surface area contributed by atoms with Crippen LogP contribution in [-0.2, 0) is 0 Å². The van der Waals surface area contributed by atoms with Crippen LogP contribution in [0.2, 0.25) is 0 Å². The molecule has 2 N–H and O–H groups in total. The zero-order chi connectivity index (χ0) is 14.5. The number of ketones is 1. The van der Waals surface area contributed by atoms with Crippen LogP contribution >= 0.6 is 12.2 Å². The van der Waals surface area contributed by atoms with E-state index >= 15 is 0 Å². The molecule has 0 fully saturated rings. The molecule has 0 radical (unpaired) electrons. The Kier molecular flexibility index (Phi) is 4.27. The Bertz CT molecular complexity index is 633. The number of benzene rings is 1. The quantitative estimate of drug-likeness (QED) is 0.671.